The summed E-state index contributed by atoms with van der Waals surface area (Å²) in [6.45, 7) is 5.73. The summed E-state index contributed by atoms with van der Waals surface area (Å²) in [5.41, 5.74) is 0.866. The number of carboxylic acid groups (broad SMARTS) is 2. The van der Waals surface area contributed by atoms with Crippen molar-refractivity contribution in [3.63, 3.8) is 0 Å². The number of aromatic nitrogens is 1. The van der Waals surface area contributed by atoms with Crippen molar-refractivity contribution in [1.82, 2.24) is 25.4 Å². The van der Waals surface area contributed by atoms with Crippen LogP contribution in [0.5, 0.6) is 0 Å². The lowest BCUT2D eigenvalue weighted by Crippen LogP contribution is -2.59. The van der Waals surface area contributed by atoms with E-state index < -0.39 is 35.7 Å². The van der Waals surface area contributed by atoms with Crippen molar-refractivity contribution in [2.75, 3.05) is 13.1 Å². The van der Waals surface area contributed by atoms with Crippen LogP contribution in [0.25, 0.3) is 0 Å². The zero-order chi connectivity index (χ0) is 30.0. The molecule has 11 nitrogen and oxygen atoms in total. The van der Waals surface area contributed by atoms with Crippen LogP contribution in [0, 0.1) is 0 Å². The van der Waals surface area contributed by atoms with Crippen LogP contribution in [-0.4, -0.2) is 79.7 Å². The standard InChI is InChI=1S/C30H41N5O6/c1-30(2,3)35(29(40)41)25(15-8-10-18-32-28(38)39)27(37)34-19-11-16-24(34)26(36)33-23(21-12-5-4-6-13-21)20-22-14-7-9-17-31-22/h4-7,9,12-14,17,23-25,32H,8,10-11,15-16,18-20H2,1-3H3,(H,33,36)(H,38,39)(H,40,41)/t23-,24-,25-/m0/s1. The SMILES string of the molecule is CC(C)(C)N(C(=O)O)[C@@H](CCCCNC(=O)O)C(=O)N1CCC[C@H]1C(=O)N[C@@H](Cc1ccccn1)c1ccccc1. The molecule has 0 radical (unpaired) electrons. The van der Waals surface area contributed by atoms with E-state index in [-0.39, 0.29) is 24.9 Å². The quantitative estimate of drug-likeness (QED) is 0.282. The van der Waals surface area contributed by atoms with Crippen molar-refractivity contribution < 1.29 is 29.4 Å². The Morgan fingerprint density at radius 2 is 1.76 bits per heavy atom. The molecule has 4 N–H and O–H groups in total. The third-order valence-electron chi connectivity index (χ3n) is 7.20. The highest BCUT2D eigenvalue weighted by molar-refractivity contribution is 5.92. The highest BCUT2D eigenvalue weighted by atomic mass is 16.4. The number of nitrogens with zero attached hydrogens (tertiary/aromatic N) is 3. The van der Waals surface area contributed by atoms with Gasteiger partial charge in [0.2, 0.25) is 11.8 Å². The lowest BCUT2D eigenvalue weighted by molar-refractivity contribution is -0.144. The monoisotopic (exact) mass is 567 g/mol. The summed E-state index contributed by atoms with van der Waals surface area (Å²) in [5, 5.41) is 24.3. The van der Waals surface area contributed by atoms with Gasteiger partial charge in [0.15, 0.2) is 0 Å². The third-order valence-corrected chi connectivity index (χ3v) is 7.20. The Labute approximate surface area is 240 Å². The van der Waals surface area contributed by atoms with Gasteiger partial charge in [-0.25, -0.2) is 9.59 Å². The number of likely N-dealkylation sites (tertiary alicyclic amines) is 1. The lowest BCUT2D eigenvalue weighted by Gasteiger charge is -2.41. The smallest absolute Gasteiger partial charge is 0.408 e. The fourth-order valence-corrected chi connectivity index (χ4v) is 5.34. The van der Waals surface area contributed by atoms with Crippen molar-refractivity contribution in [3.05, 3.63) is 66.0 Å². The number of pyridine rings is 1. The molecule has 3 rings (SSSR count). The molecule has 1 aromatic heterocycles. The van der Waals surface area contributed by atoms with Crippen molar-refractivity contribution in [2.24, 2.45) is 0 Å². The number of hydrogen-bond acceptors (Lipinski definition) is 5. The van der Waals surface area contributed by atoms with E-state index in [0.29, 0.717) is 38.6 Å². The molecular weight excluding hydrogens is 526 g/mol. The molecule has 0 aliphatic carbocycles. The number of rotatable bonds is 12. The van der Waals surface area contributed by atoms with Crippen LogP contribution in [0.4, 0.5) is 9.59 Å². The maximum Gasteiger partial charge on any atom is 0.408 e. The average molecular weight is 568 g/mol. The van der Waals surface area contributed by atoms with Crippen LogP contribution in [0.2, 0.25) is 0 Å². The molecule has 1 aromatic carbocycles. The Morgan fingerprint density at radius 3 is 2.37 bits per heavy atom. The highest BCUT2D eigenvalue weighted by Gasteiger charge is 2.43. The van der Waals surface area contributed by atoms with E-state index in [1.54, 1.807) is 27.0 Å². The Morgan fingerprint density at radius 1 is 1.05 bits per heavy atom. The minimum absolute atomic E-state index is 0.199. The molecular formula is C30H41N5O6. The van der Waals surface area contributed by atoms with Gasteiger partial charge in [0.1, 0.15) is 12.1 Å². The second-order valence-electron chi connectivity index (χ2n) is 11.3. The van der Waals surface area contributed by atoms with E-state index in [4.69, 9.17) is 5.11 Å². The second-order valence-corrected chi connectivity index (χ2v) is 11.3. The Kier molecular flexibility index (Phi) is 11.1. The zero-order valence-electron chi connectivity index (χ0n) is 24.0. The first-order valence-electron chi connectivity index (χ1n) is 14.0. The van der Waals surface area contributed by atoms with Crippen LogP contribution in [-0.2, 0) is 16.0 Å². The normalized spacial score (nSPS) is 16.5. The van der Waals surface area contributed by atoms with E-state index in [1.165, 1.54) is 4.90 Å². The molecule has 0 saturated carbocycles. The Balaban J connectivity index is 1.80. The van der Waals surface area contributed by atoms with E-state index in [1.807, 2.05) is 48.5 Å². The topological polar surface area (TPSA) is 152 Å². The molecule has 0 bridgehead atoms. The second kappa shape index (κ2) is 14.5. The molecule has 4 amide bonds. The van der Waals surface area contributed by atoms with Crippen molar-refractivity contribution in [1.29, 1.82) is 0 Å². The summed E-state index contributed by atoms with van der Waals surface area (Å²) in [4.78, 5) is 57.9. The summed E-state index contributed by atoms with van der Waals surface area (Å²) in [7, 11) is 0. The van der Waals surface area contributed by atoms with Gasteiger partial charge in [-0.1, -0.05) is 36.4 Å². The van der Waals surface area contributed by atoms with Crippen LogP contribution in [0.3, 0.4) is 0 Å². The largest absolute Gasteiger partial charge is 0.465 e. The lowest BCUT2D eigenvalue weighted by atomic mass is 9.98. The maximum absolute atomic E-state index is 14.0. The van der Waals surface area contributed by atoms with Gasteiger partial charge < -0.3 is 25.7 Å². The molecule has 2 heterocycles. The van der Waals surface area contributed by atoms with Crippen molar-refractivity contribution in [2.45, 2.75) is 83.0 Å². The minimum Gasteiger partial charge on any atom is -0.465 e. The van der Waals surface area contributed by atoms with Gasteiger partial charge in [0.05, 0.1) is 6.04 Å². The first-order chi connectivity index (χ1) is 19.5. The molecule has 0 spiro atoms. The first-order valence-corrected chi connectivity index (χ1v) is 14.0. The molecule has 11 heteroatoms. The third kappa shape index (κ3) is 8.92. The Bertz CT molecular complexity index is 1170. The minimum atomic E-state index is -1.22. The summed E-state index contributed by atoms with van der Waals surface area (Å²) >= 11 is 0. The van der Waals surface area contributed by atoms with Crippen molar-refractivity contribution >= 4 is 24.0 Å². The molecule has 1 aliphatic heterocycles. The summed E-state index contributed by atoms with van der Waals surface area (Å²) < 4.78 is 0. The van der Waals surface area contributed by atoms with E-state index in [0.717, 1.165) is 16.2 Å². The highest BCUT2D eigenvalue weighted by Crippen LogP contribution is 2.27. The van der Waals surface area contributed by atoms with Gasteiger partial charge in [-0.2, -0.15) is 0 Å². The number of unbranched alkanes of at least 4 members (excludes halogenated alkanes) is 1. The van der Waals surface area contributed by atoms with Crippen molar-refractivity contribution in [3.8, 4) is 0 Å². The van der Waals surface area contributed by atoms with E-state index in [9.17, 15) is 24.3 Å². The molecule has 2 aromatic rings. The van der Waals surface area contributed by atoms with E-state index >= 15 is 0 Å². The van der Waals surface area contributed by atoms with Crippen LogP contribution >= 0.6 is 0 Å². The number of carbonyl (C=O) groups excluding carboxylic acids is 2. The number of benzene rings is 1. The van der Waals surface area contributed by atoms with Gasteiger partial charge in [0.25, 0.3) is 0 Å². The molecule has 1 aliphatic rings. The number of nitrogens with one attached hydrogen (secondary N) is 2. The molecule has 41 heavy (non-hydrogen) atoms. The van der Waals surface area contributed by atoms with Gasteiger partial charge in [-0.3, -0.25) is 19.5 Å². The van der Waals surface area contributed by atoms with Gasteiger partial charge in [-0.15, -0.1) is 0 Å². The molecule has 1 fully saturated rings. The van der Waals surface area contributed by atoms with Crippen LogP contribution in [0.15, 0.2) is 54.7 Å². The summed E-state index contributed by atoms with van der Waals surface area (Å²) in [5.74, 6) is -0.699. The summed E-state index contributed by atoms with van der Waals surface area (Å²) in [6, 6.07) is 13.1. The van der Waals surface area contributed by atoms with Gasteiger partial charge >= 0.3 is 12.2 Å². The molecule has 222 valence electrons. The predicted molar refractivity (Wildman–Crippen MR) is 153 cm³/mol. The predicted octanol–water partition coefficient (Wildman–Crippen LogP) is 4.06. The summed E-state index contributed by atoms with van der Waals surface area (Å²) in [6.07, 6.45) is 2.00. The fourth-order valence-electron chi connectivity index (χ4n) is 5.34. The molecule has 1 saturated heterocycles. The molecule has 0 unspecified atom stereocenters. The van der Waals surface area contributed by atoms with Gasteiger partial charge in [0, 0.05) is 36.9 Å². The van der Waals surface area contributed by atoms with Crippen LogP contribution in [0.1, 0.15) is 70.2 Å². The zero-order valence-corrected chi connectivity index (χ0v) is 24.0. The maximum atomic E-state index is 14.0. The fraction of sp³-hybridized carbons (Fsp3) is 0.500. The van der Waals surface area contributed by atoms with Gasteiger partial charge in [-0.05, 0) is 70.6 Å². The Hall–Kier alpha value is -4.15. The number of carbonyl (C=O) groups is 4. The number of hydrogen-bond donors (Lipinski definition) is 4. The molecule has 3 atom stereocenters. The average Bonchev–Trinajstić information content (AvgIpc) is 3.42. The first kappa shape index (κ1) is 31.4. The number of amides is 4. The van der Waals surface area contributed by atoms with E-state index in [2.05, 4.69) is 15.6 Å². The van der Waals surface area contributed by atoms with Crippen LogP contribution < -0.4 is 10.6 Å².